The first-order valence-corrected chi connectivity index (χ1v) is 11.6. The van der Waals surface area contributed by atoms with Crippen molar-refractivity contribution in [1.82, 2.24) is 15.3 Å². The number of aromatic nitrogens is 2. The van der Waals surface area contributed by atoms with Gasteiger partial charge < -0.3 is 10.4 Å². The van der Waals surface area contributed by atoms with Crippen LogP contribution >= 0.6 is 22.9 Å². The standard InChI is InChI=1S/C25H21ClFN3O2S/c26-17-9-7-16(8-10-17)22-15-29-25(33-22)23-20(5-3-6-21(23)27)24(32)30-19(11-13-31)14-18-4-1-2-12-28-18/h1-10,12,15,19,31H,11,13-14H2,(H,30,32)/t19-/m0/s1. The van der Waals surface area contributed by atoms with E-state index in [9.17, 15) is 14.3 Å². The summed E-state index contributed by atoms with van der Waals surface area (Å²) in [6.07, 6.45) is 4.15. The van der Waals surface area contributed by atoms with E-state index < -0.39 is 11.7 Å². The van der Waals surface area contributed by atoms with Crippen LogP contribution < -0.4 is 5.32 Å². The van der Waals surface area contributed by atoms with Gasteiger partial charge in [0.2, 0.25) is 0 Å². The monoisotopic (exact) mass is 481 g/mol. The number of nitrogens with zero attached hydrogens (tertiary/aromatic N) is 2. The molecular formula is C25H21ClFN3O2S. The van der Waals surface area contributed by atoms with Gasteiger partial charge in [-0.3, -0.25) is 9.78 Å². The van der Waals surface area contributed by atoms with Crippen LogP contribution in [0.1, 0.15) is 22.5 Å². The van der Waals surface area contributed by atoms with Crippen LogP contribution in [0.4, 0.5) is 4.39 Å². The molecule has 2 aromatic heterocycles. The van der Waals surface area contributed by atoms with Crippen LogP contribution in [0, 0.1) is 5.82 Å². The van der Waals surface area contributed by atoms with Crippen molar-refractivity contribution < 1.29 is 14.3 Å². The summed E-state index contributed by atoms with van der Waals surface area (Å²) in [5.74, 6) is -0.954. The first-order valence-electron chi connectivity index (χ1n) is 10.4. The Kier molecular flexibility index (Phi) is 7.44. The first-order chi connectivity index (χ1) is 16.0. The molecule has 1 amide bonds. The Morgan fingerprint density at radius 2 is 1.91 bits per heavy atom. The summed E-state index contributed by atoms with van der Waals surface area (Å²) in [7, 11) is 0. The number of hydrogen-bond donors (Lipinski definition) is 2. The van der Waals surface area contributed by atoms with Crippen molar-refractivity contribution in [2.45, 2.75) is 18.9 Å². The molecule has 0 aliphatic heterocycles. The topological polar surface area (TPSA) is 75.1 Å². The molecule has 0 radical (unpaired) electrons. The molecule has 2 heterocycles. The van der Waals surface area contributed by atoms with Crippen molar-refractivity contribution >= 4 is 28.8 Å². The van der Waals surface area contributed by atoms with Gasteiger partial charge in [0.15, 0.2) is 0 Å². The Bertz CT molecular complexity index is 1230. The van der Waals surface area contributed by atoms with E-state index in [1.807, 2.05) is 30.3 Å². The number of aliphatic hydroxyl groups is 1. The van der Waals surface area contributed by atoms with E-state index in [4.69, 9.17) is 11.6 Å². The molecule has 1 atom stereocenters. The molecule has 0 spiro atoms. The third-order valence-corrected chi connectivity index (χ3v) is 6.42. The number of hydrogen-bond acceptors (Lipinski definition) is 5. The number of benzene rings is 2. The van der Waals surface area contributed by atoms with Crippen LogP contribution in [0.15, 0.2) is 73.1 Å². The normalized spacial score (nSPS) is 11.8. The lowest BCUT2D eigenvalue weighted by molar-refractivity contribution is 0.0930. The van der Waals surface area contributed by atoms with Crippen LogP contribution in [-0.4, -0.2) is 33.6 Å². The highest BCUT2D eigenvalue weighted by molar-refractivity contribution is 7.18. The quantitative estimate of drug-likeness (QED) is 0.354. The molecule has 33 heavy (non-hydrogen) atoms. The van der Waals surface area contributed by atoms with Gasteiger partial charge in [0.25, 0.3) is 5.91 Å². The van der Waals surface area contributed by atoms with Crippen LogP contribution in [0.25, 0.3) is 21.0 Å². The summed E-state index contributed by atoms with van der Waals surface area (Å²) in [6.45, 7) is -0.0925. The third kappa shape index (κ3) is 5.63. The fourth-order valence-corrected chi connectivity index (χ4v) is 4.59. The summed E-state index contributed by atoms with van der Waals surface area (Å²) >= 11 is 7.26. The summed E-state index contributed by atoms with van der Waals surface area (Å²) in [5.41, 5.74) is 2.05. The second-order valence-corrected chi connectivity index (χ2v) is 8.87. The largest absolute Gasteiger partial charge is 0.396 e. The summed E-state index contributed by atoms with van der Waals surface area (Å²) < 4.78 is 14.9. The minimum Gasteiger partial charge on any atom is -0.396 e. The van der Waals surface area contributed by atoms with Crippen LogP contribution in [0.3, 0.4) is 0 Å². The van der Waals surface area contributed by atoms with Gasteiger partial charge in [0.1, 0.15) is 10.8 Å². The second kappa shape index (κ2) is 10.7. The lowest BCUT2D eigenvalue weighted by atomic mass is 10.0. The van der Waals surface area contributed by atoms with Gasteiger partial charge in [0.05, 0.1) is 16.0 Å². The molecule has 168 valence electrons. The zero-order valence-electron chi connectivity index (χ0n) is 17.5. The fraction of sp³-hybridized carbons (Fsp3) is 0.160. The number of carbonyl (C=O) groups is 1. The lowest BCUT2D eigenvalue weighted by Gasteiger charge is -2.18. The van der Waals surface area contributed by atoms with E-state index in [0.29, 0.717) is 22.9 Å². The van der Waals surface area contributed by atoms with Gasteiger partial charge in [-0.25, -0.2) is 9.37 Å². The fourth-order valence-electron chi connectivity index (χ4n) is 3.48. The first kappa shape index (κ1) is 23.0. The maximum absolute atomic E-state index is 14.9. The molecule has 4 aromatic rings. The zero-order valence-corrected chi connectivity index (χ0v) is 19.1. The maximum Gasteiger partial charge on any atom is 0.252 e. The highest BCUT2D eigenvalue weighted by Gasteiger charge is 2.22. The summed E-state index contributed by atoms with van der Waals surface area (Å²) in [4.78, 5) is 22.7. The van der Waals surface area contributed by atoms with Crippen LogP contribution in [0.2, 0.25) is 5.02 Å². The van der Waals surface area contributed by atoms with Crippen LogP contribution in [-0.2, 0) is 6.42 Å². The van der Waals surface area contributed by atoms with Gasteiger partial charge >= 0.3 is 0 Å². The molecule has 2 N–H and O–H groups in total. The average Bonchev–Trinajstić information content (AvgIpc) is 3.30. The molecule has 8 heteroatoms. The average molecular weight is 482 g/mol. The highest BCUT2D eigenvalue weighted by atomic mass is 35.5. The highest BCUT2D eigenvalue weighted by Crippen LogP contribution is 2.35. The van der Waals surface area contributed by atoms with Gasteiger partial charge in [-0.1, -0.05) is 35.9 Å². The Morgan fingerprint density at radius 3 is 2.64 bits per heavy atom. The predicted octanol–water partition coefficient (Wildman–Crippen LogP) is 5.39. The second-order valence-electron chi connectivity index (χ2n) is 7.41. The van der Waals surface area contributed by atoms with Crippen molar-refractivity contribution in [3.8, 4) is 21.0 Å². The van der Waals surface area contributed by atoms with Gasteiger partial charge in [0, 0.05) is 42.2 Å². The minimum atomic E-state index is -0.525. The molecule has 5 nitrogen and oxygen atoms in total. The van der Waals surface area contributed by atoms with Crippen molar-refractivity contribution in [1.29, 1.82) is 0 Å². The number of amides is 1. The predicted molar refractivity (Wildman–Crippen MR) is 129 cm³/mol. The van der Waals surface area contributed by atoms with Crippen LogP contribution in [0.5, 0.6) is 0 Å². The lowest BCUT2D eigenvalue weighted by Crippen LogP contribution is -2.37. The molecule has 0 aliphatic carbocycles. The molecular weight excluding hydrogens is 461 g/mol. The smallest absolute Gasteiger partial charge is 0.252 e. The number of halogens is 2. The van der Waals surface area contributed by atoms with E-state index in [2.05, 4.69) is 15.3 Å². The number of rotatable bonds is 8. The maximum atomic E-state index is 14.9. The van der Waals surface area contributed by atoms with Gasteiger partial charge in [-0.05, 0) is 48.4 Å². The summed E-state index contributed by atoms with van der Waals surface area (Å²) in [6, 6.07) is 16.9. The molecule has 0 aliphatic rings. The van der Waals surface area contributed by atoms with Gasteiger partial charge in [-0.2, -0.15) is 0 Å². The van der Waals surface area contributed by atoms with E-state index in [0.717, 1.165) is 16.1 Å². The Labute approximate surface area is 199 Å². The van der Waals surface area contributed by atoms with E-state index in [-0.39, 0.29) is 23.8 Å². The van der Waals surface area contributed by atoms with Gasteiger partial charge in [-0.15, -0.1) is 11.3 Å². The molecule has 0 unspecified atom stereocenters. The van der Waals surface area contributed by atoms with Crippen molar-refractivity contribution in [2.24, 2.45) is 0 Å². The number of pyridine rings is 1. The Hall–Kier alpha value is -3.13. The van der Waals surface area contributed by atoms with Crippen molar-refractivity contribution in [3.63, 3.8) is 0 Å². The van der Waals surface area contributed by atoms with Crippen molar-refractivity contribution in [3.05, 3.63) is 95.2 Å². The molecule has 0 saturated carbocycles. The molecule has 4 rings (SSSR count). The number of nitrogens with one attached hydrogen (secondary N) is 1. The Morgan fingerprint density at radius 1 is 1.09 bits per heavy atom. The molecule has 0 fully saturated rings. The summed E-state index contributed by atoms with van der Waals surface area (Å²) in [5, 5.41) is 13.4. The van der Waals surface area contributed by atoms with E-state index in [1.165, 1.54) is 23.5 Å². The number of carbonyl (C=O) groups excluding carboxylic acids is 1. The number of aliphatic hydroxyl groups excluding tert-OH is 1. The molecule has 0 bridgehead atoms. The molecule has 2 aromatic carbocycles. The Balaban J connectivity index is 1.61. The number of thiazole rings is 1. The molecule has 0 saturated heterocycles. The third-order valence-electron chi connectivity index (χ3n) is 5.10. The SMILES string of the molecule is O=C(N[C@@H](CCO)Cc1ccccn1)c1cccc(F)c1-c1ncc(-c2ccc(Cl)cc2)s1. The minimum absolute atomic E-state index is 0.0925. The zero-order chi connectivity index (χ0) is 23.2. The van der Waals surface area contributed by atoms with E-state index in [1.54, 1.807) is 30.6 Å². The van der Waals surface area contributed by atoms with Crippen molar-refractivity contribution in [2.75, 3.05) is 6.61 Å². The van der Waals surface area contributed by atoms with E-state index >= 15 is 0 Å².